The Bertz CT molecular complexity index is 335. The molecule has 1 aliphatic rings. The molecule has 102 valence electrons. The van der Waals surface area contributed by atoms with Crippen LogP contribution in [0.5, 0.6) is 0 Å². The lowest BCUT2D eigenvalue weighted by molar-refractivity contribution is -0.152. The maximum Gasteiger partial charge on any atom is 0.375 e. The van der Waals surface area contributed by atoms with Gasteiger partial charge >= 0.3 is 5.97 Å². The van der Waals surface area contributed by atoms with Gasteiger partial charge in [0.25, 0.3) is 0 Å². The van der Waals surface area contributed by atoms with Crippen molar-refractivity contribution in [3.63, 3.8) is 0 Å². The van der Waals surface area contributed by atoms with E-state index in [1.165, 1.54) is 13.5 Å². The molecule has 0 aromatic rings. The van der Waals surface area contributed by atoms with Gasteiger partial charge in [-0.25, -0.2) is 4.79 Å². The van der Waals surface area contributed by atoms with E-state index in [0.29, 0.717) is 5.84 Å². The summed E-state index contributed by atoms with van der Waals surface area (Å²) in [4.78, 5) is 25.2. The molecule has 6 heteroatoms. The maximum atomic E-state index is 11.8. The van der Waals surface area contributed by atoms with E-state index in [4.69, 9.17) is 0 Å². The van der Waals surface area contributed by atoms with Gasteiger partial charge in [0.1, 0.15) is 5.84 Å². The third-order valence-electron chi connectivity index (χ3n) is 3.07. The lowest BCUT2D eigenvalue weighted by Crippen LogP contribution is -2.44. The molecule has 1 saturated heterocycles. The van der Waals surface area contributed by atoms with E-state index in [1.54, 1.807) is 14.0 Å². The van der Waals surface area contributed by atoms with Gasteiger partial charge in [-0.05, 0) is 26.2 Å². The van der Waals surface area contributed by atoms with Crippen molar-refractivity contribution >= 4 is 17.6 Å². The molecule has 0 bridgehead atoms. The Hall–Kier alpha value is -1.59. The predicted molar refractivity (Wildman–Crippen MR) is 68.1 cm³/mol. The van der Waals surface area contributed by atoms with Gasteiger partial charge in [0.05, 0.1) is 13.0 Å². The van der Waals surface area contributed by atoms with Gasteiger partial charge in [-0.3, -0.25) is 4.79 Å². The Morgan fingerprint density at radius 1 is 1.28 bits per heavy atom. The number of ether oxygens (including phenoxy) is 1. The number of nitrogens with zero attached hydrogens (tertiary/aromatic N) is 2. The molecule has 0 saturated carbocycles. The molecule has 18 heavy (non-hydrogen) atoms. The predicted octanol–water partition coefficient (Wildman–Crippen LogP) is 0.383. The van der Waals surface area contributed by atoms with Crippen molar-refractivity contribution in [2.24, 2.45) is 11.0 Å². The normalized spacial score (nSPS) is 18.2. The highest BCUT2D eigenvalue weighted by molar-refractivity contribution is 6.38. The van der Waals surface area contributed by atoms with Crippen LogP contribution in [-0.2, 0) is 14.3 Å². The van der Waals surface area contributed by atoms with Crippen LogP contribution in [0, 0.1) is 5.92 Å². The minimum absolute atomic E-state index is 0.558. The van der Waals surface area contributed by atoms with E-state index in [9.17, 15) is 9.59 Å². The fraction of sp³-hybridized carbons (Fsp3) is 0.750. The number of rotatable bonds is 4. The van der Waals surface area contributed by atoms with Crippen molar-refractivity contribution in [1.82, 2.24) is 10.3 Å². The average molecular weight is 255 g/mol. The number of hydrazone groups is 1. The quantitative estimate of drug-likeness (QED) is 0.258. The summed E-state index contributed by atoms with van der Waals surface area (Å²) in [5.74, 6) is -1.34. The van der Waals surface area contributed by atoms with Crippen LogP contribution in [0.3, 0.4) is 0 Å². The molecule has 0 radical (unpaired) electrons. The molecule has 0 spiro atoms. The van der Waals surface area contributed by atoms with E-state index < -0.39 is 17.7 Å². The van der Waals surface area contributed by atoms with E-state index in [2.05, 4.69) is 20.2 Å². The molecule has 1 atom stereocenters. The van der Waals surface area contributed by atoms with Gasteiger partial charge in [-0.1, -0.05) is 0 Å². The summed E-state index contributed by atoms with van der Waals surface area (Å²) in [5, 5.41) is 4.15. The standard InChI is InChI=1S/C12H21N3O3/c1-9(10(16)12(17)18-3)11(14-13-2)15-7-5-4-6-8-15/h9,13H,4-8H2,1-3H3/b14-11+. The minimum Gasteiger partial charge on any atom is -0.463 e. The third kappa shape index (κ3) is 3.45. The lowest BCUT2D eigenvalue weighted by Gasteiger charge is -2.31. The molecule has 1 N–H and O–H groups in total. The molecule has 6 nitrogen and oxygen atoms in total. The van der Waals surface area contributed by atoms with Crippen molar-refractivity contribution < 1.29 is 14.3 Å². The van der Waals surface area contributed by atoms with Gasteiger partial charge in [0, 0.05) is 20.1 Å². The van der Waals surface area contributed by atoms with Crippen LogP contribution in [0.2, 0.25) is 0 Å². The Kier molecular flexibility index (Phi) is 5.61. The van der Waals surface area contributed by atoms with Crippen molar-refractivity contribution in [3.8, 4) is 0 Å². The van der Waals surface area contributed by atoms with Crippen LogP contribution < -0.4 is 5.43 Å². The average Bonchev–Trinajstić information content (AvgIpc) is 2.43. The number of nitrogens with one attached hydrogen (secondary N) is 1. The topological polar surface area (TPSA) is 71.0 Å². The summed E-state index contributed by atoms with van der Waals surface area (Å²) in [5.41, 5.74) is 2.70. The van der Waals surface area contributed by atoms with Gasteiger partial charge in [0.2, 0.25) is 5.78 Å². The van der Waals surface area contributed by atoms with E-state index in [-0.39, 0.29) is 0 Å². The van der Waals surface area contributed by atoms with Gasteiger partial charge in [-0.15, -0.1) is 0 Å². The fourth-order valence-electron chi connectivity index (χ4n) is 2.07. The van der Waals surface area contributed by atoms with Gasteiger partial charge < -0.3 is 15.1 Å². The Morgan fingerprint density at radius 3 is 2.39 bits per heavy atom. The monoisotopic (exact) mass is 255 g/mol. The number of carbonyl (C=O) groups is 2. The summed E-state index contributed by atoms with van der Waals surface area (Å²) in [6, 6.07) is 0. The summed E-state index contributed by atoms with van der Waals surface area (Å²) >= 11 is 0. The number of esters is 1. The smallest absolute Gasteiger partial charge is 0.375 e. The second-order valence-corrected chi connectivity index (χ2v) is 4.32. The first-order chi connectivity index (χ1) is 8.61. The molecule has 0 amide bonds. The molecule has 0 aromatic heterocycles. The molecule has 0 aliphatic carbocycles. The Balaban J connectivity index is 2.80. The van der Waals surface area contributed by atoms with E-state index >= 15 is 0 Å². The van der Waals surface area contributed by atoms with Gasteiger partial charge in [0.15, 0.2) is 0 Å². The number of carbonyl (C=O) groups excluding carboxylic acids is 2. The number of piperidine rings is 1. The third-order valence-corrected chi connectivity index (χ3v) is 3.07. The first-order valence-electron chi connectivity index (χ1n) is 6.23. The molecular formula is C12H21N3O3. The van der Waals surface area contributed by atoms with E-state index in [0.717, 1.165) is 25.9 Å². The summed E-state index contributed by atoms with van der Waals surface area (Å²) in [6.45, 7) is 3.43. The fourth-order valence-corrected chi connectivity index (χ4v) is 2.07. The Labute approximate surface area is 107 Å². The van der Waals surface area contributed by atoms with Crippen molar-refractivity contribution in [3.05, 3.63) is 0 Å². The van der Waals surface area contributed by atoms with Crippen molar-refractivity contribution in [1.29, 1.82) is 0 Å². The SMILES string of the molecule is CN/N=C(\C(C)C(=O)C(=O)OC)N1CCCCC1. The van der Waals surface area contributed by atoms with Crippen LogP contribution in [0.4, 0.5) is 0 Å². The van der Waals surface area contributed by atoms with Crippen molar-refractivity contribution in [2.75, 3.05) is 27.2 Å². The lowest BCUT2D eigenvalue weighted by atomic mass is 10.0. The Morgan fingerprint density at radius 2 is 1.89 bits per heavy atom. The highest BCUT2D eigenvalue weighted by Gasteiger charge is 2.30. The van der Waals surface area contributed by atoms with E-state index in [1.807, 2.05) is 0 Å². The summed E-state index contributed by atoms with van der Waals surface area (Å²) < 4.78 is 4.47. The van der Waals surface area contributed by atoms with Crippen LogP contribution in [0.1, 0.15) is 26.2 Å². The van der Waals surface area contributed by atoms with Gasteiger partial charge in [-0.2, -0.15) is 5.10 Å². The second kappa shape index (κ2) is 6.98. The van der Waals surface area contributed by atoms with Crippen LogP contribution in [0.25, 0.3) is 0 Å². The highest BCUT2D eigenvalue weighted by Crippen LogP contribution is 2.14. The zero-order valence-electron chi connectivity index (χ0n) is 11.2. The molecule has 1 heterocycles. The largest absolute Gasteiger partial charge is 0.463 e. The van der Waals surface area contributed by atoms with Crippen molar-refractivity contribution in [2.45, 2.75) is 26.2 Å². The molecule has 1 rings (SSSR count). The number of likely N-dealkylation sites (tertiary alicyclic amines) is 1. The number of hydrogen-bond donors (Lipinski definition) is 1. The number of methoxy groups -OCH3 is 1. The molecule has 0 aromatic carbocycles. The first kappa shape index (κ1) is 14.5. The molecule has 1 unspecified atom stereocenters. The number of ketones is 1. The number of hydrogen-bond acceptors (Lipinski definition) is 5. The van der Waals surface area contributed by atoms with Crippen LogP contribution in [0.15, 0.2) is 5.10 Å². The summed E-state index contributed by atoms with van der Waals surface area (Å²) in [6.07, 6.45) is 3.37. The molecule has 1 fully saturated rings. The summed E-state index contributed by atoms with van der Waals surface area (Å²) in [7, 11) is 2.89. The van der Waals surface area contributed by atoms with Crippen LogP contribution in [-0.4, -0.2) is 49.7 Å². The number of amidine groups is 1. The first-order valence-corrected chi connectivity index (χ1v) is 6.23. The maximum absolute atomic E-state index is 11.8. The molecule has 1 aliphatic heterocycles. The molecular weight excluding hydrogens is 234 g/mol. The number of Topliss-reactive ketones (excluding diaryl/α,β-unsaturated/α-hetero) is 1. The zero-order valence-corrected chi connectivity index (χ0v) is 11.2. The second-order valence-electron chi connectivity index (χ2n) is 4.32. The zero-order chi connectivity index (χ0) is 13.5. The highest BCUT2D eigenvalue weighted by atomic mass is 16.5. The minimum atomic E-state index is -0.816. The van der Waals surface area contributed by atoms with Crippen LogP contribution >= 0.6 is 0 Å².